The van der Waals surface area contributed by atoms with Gasteiger partial charge < -0.3 is 15.4 Å². The van der Waals surface area contributed by atoms with Crippen molar-refractivity contribution in [1.82, 2.24) is 10.3 Å². The van der Waals surface area contributed by atoms with E-state index in [-0.39, 0.29) is 0 Å². The molecule has 0 aliphatic carbocycles. The third-order valence-corrected chi connectivity index (χ3v) is 2.38. The van der Waals surface area contributed by atoms with E-state index in [1.807, 2.05) is 13.1 Å². The van der Waals surface area contributed by atoms with Gasteiger partial charge in [-0.1, -0.05) is 0 Å². The number of nitrogens with one attached hydrogen (secondary N) is 2. The number of rotatable bonds is 4. The minimum atomic E-state index is 0.522. The zero-order valence-corrected chi connectivity index (χ0v) is 8.29. The van der Waals surface area contributed by atoms with Crippen LogP contribution < -0.4 is 15.4 Å². The van der Waals surface area contributed by atoms with E-state index >= 15 is 0 Å². The molecule has 0 aromatic carbocycles. The number of pyridine rings is 1. The van der Waals surface area contributed by atoms with E-state index in [4.69, 9.17) is 4.74 Å². The molecule has 0 bridgehead atoms. The lowest BCUT2D eigenvalue weighted by Crippen LogP contribution is -2.46. The van der Waals surface area contributed by atoms with Gasteiger partial charge in [0.1, 0.15) is 12.4 Å². The Hall–Kier alpha value is -1.29. The smallest absolute Gasteiger partial charge is 0.139 e. The Morgan fingerprint density at radius 3 is 3.14 bits per heavy atom. The molecule has 4 heteroatoms. The quantitative estimate of drug-likeness (QED) is 0.744. The van der Waals surface area contributed by atoms with E-state index in [1.165, 1.54) is 6.42 Å². The first-order chi connectivity index (χ1) is 6.88. The molecule has 2 rings (SSSR count). The highest BCUT2D eigenvalue weighted by Gasteiger charge is 2.16. The highest BCUT2D eigenvalue weighted by atomic mass is 16.5. The van der Waals surface area contributed by atoms with Crippen LogP contribution in [0.5, 0.6) is 5.75 Å². The monoisotopic (exact) mass is 193 g/mol. The predicted octanol–water partition coefficient (Wildman–Crippen LogP) is 0.864. The fourth-order valence-corrected chi connectivity index (χ4v) is 1.32. The van der Waals surface area contributed by atoms with Crippen molar-refractivity contribution in [3.63, 3.8) is 0 Å². The highest BCUT2D eigenvalue weighted by molar-refractivity contribution is 5.44. The number of nitrogens with zero attached hydrogens (tertiary/aromatic N) is 1. The van der Waals surface area contributed by atoms with E-state index < -0.39 is 0 Å². The molecule has 0 amide bonds. The maximum atomic E-state index is 5.59. The Labute approximate surface area is 83.7 Å². The lowest BCUT2D eigenvalue weighted by molar-refractivity contribution is 0.217. The first kappa shape index (κ1) is 9.27. The topological polar surface area (TPSA) is 46.2 Å². The summed E-state index contributed by atoms with van der Waals surface area (Å²) in [6.07, 6.45) is 4.72. The summed E-state index contributed by atoms with van der Waals surface area (Å²) in [4.78, 5) is 4.07. The lowest BCUT2D eigenvalue weighted by atomic mass is 10.1. The normalized spacial score (nSPS) is 19.9. The molecule has 1 aromatic heterocycles. The van der Waals surface area contributed by atoms with Crippen molar-refractivity contribution in [2.75, 3.05) is 25.5 Å². The molecule has 1 aliphatic heterocycles. The largest absolute Gasteiger partial charge is 0.490 e. The first-order valence-corrected chi connectivity index (χ1v) is 4.87. The number of hydrogen-bond donors (Lipinski definition) is 2. The van der Waals surface area contributed by atoms with Gasteiger partial charge in [0.05, 0.1) is 18.1 Å². The molecule has 1 fully saturated rings. The summed E-state index contributed by atoms with van der Waals surface area (Å²) >= 11 is 0. The Morgan fingerprint density at radius 1 is 1.64 bits per heavy atom. The van der Waals surface area contributed by atoms with Crippen molar-refractivity contribution >= 4 is 5.69 Å². The Bertz CT molecular complexity index is 299. The first-order valence-electron chi connectivity index (χ1n) is 4.87. The molecule has 4 nitrogen and oxygen atoms in total. The van der Waals surface area contributed by atoms with Crippen LogP contribution in [0.4, 0.5) is 5.69 Å². The maximum Gasteiger partial charge on any atom is 0.139 e. The summed E-state index contributed by atoms with van der Waals surface area (Å²) < 4.78 is 5.59. The number of anilines is 1. The molecule has 1 atom stereocenters. The summed E-state index contributed by atoms with van der Waals surface area (Å²) in [7, 11) is 1.87. The second-order valence-corrected chi connectivity index (χ2v) is 3.41. The molecular weight excluding hydrogens is 178 g/mol. The fourth-order valence-electron chi connectivity index (χ4n) is 1.32. The Kier molecular flexibility index (Phi) is 2.84. The number of aromatic nitrogens is 1. The van der Waals surface area contributed by atoms with Crippen LogP contribution in [0.15, 0.2) is 18.5 Å². The molecule has 14 heavy (non-hydrogen) atoms. The van der Waals surface area contributed by atoms with E-state index in [0.717, 1.165) is 24.6 Å². The van der Waals surface area contributed by atoms with Gasteiger partial charge >= 0.3 is 0 Å². The van der Waals surface area contributed by atoms with Gasteiger partial charge in [0.2, 0.25) is 0 Å². The Balaban J connectivity index is 1.87. The standard InChI is InChI=1S/C10H15N3O/c1-11-9-4-10(6-12-5-9)14-7-8-2-3-13-8/h4-6,8,11,13H,2-3,7H2,1H3/t8-/m0/s1. The van der Waals surface area contributed by atoms with Crippen LogP contribution in [-0.4, -0.2) is 31.2 Å². The molecule has 1 aliphatic rings. The minimum Gasteiger partial charge on any atom is -0.490 e. The van der Waals surface area contributed by atoms with Crippen molar-refractivity contribution in [2.24, 2.45) is 0 Å². The van der Waals surface area contributed by atoms with Crippen LogP contribution in [0.25, 0.3) is 0 Å². The predicted molar refractivity (Wildman–Crippen MR) is 55.7 cm³/mol. The molecule has 0 saturated carbocycles. The fraction of sp³-hybridized carbons (Fsp3) is 0.500. The van der Waals surface area contributed by atoms with Crippen LogP contribution in [0.2, 0.25) is 0 Å². The van der Waals surface area contributed by atoms with Gasteiger partial charge in [-0.25, -0.2) is 0 Å². The van der Waals surface area contributed by atoms with Gasteiger partial charge in [-0.2, -0.15) is 0 Å². The van der Waals surface area contributed by atoms with Crippen LogP contribution in [0, 0.1) is 0 Å². The Morgan fingerprint density at radius 2 is 2.50 bits per heavy atom. The summed E-state index contributed by atoms with van der Waals surface area (Å²) in [6.45, 7) is 1.84. The third-order valence-electron chi connectivity index (χ3n) is 2.38. The van der Waals surface area contributed by atoms with E-state index in [2.05, 4.69) is 15.6 Å². The minimum absolute atomic E-state index is 0.522. The molecule has 1 saturated heterocycles. The number of ether oxygens (including phenoxy) is 1. The van der Waals surface area contributed by atoms with E-state index in [1.54, 1.807) is 12.4 Å². The summed E-state index contributed by atoms with van der Waals surface area (Å²) in [5, 5.41) is 6.31. The van der Waals surface area contributed by atoms with E-state index in [0.29, 0.717) is 6.04 Å². The SMILES string of the molecule is CNc1cncc(OC[C@@H]2CCN2)c1. The van der Waals surface area contributed by atoms with Crippen molar-refractivity contribution in [3.05, 3.63) is 18.5 Å². The average molecular weight is 193 g/mol. The molecule has 0 spiro atoms. The van der Waals surface area contributed by atoms with Gasteiger partial charge in [0.15, 0.2) is 0 Å². The van der Waals surface area contributed by atoms with E-state index in [9.17, 15) is 0 Å². The van der Waals surface area contributed by atoms with Crippen LogP contribution >= 0.6 is 0 Å². The summed E-state index contributed by atoms with van der Waals surface area (Å²) in [5.41, 5.74) is 0.976. The molecule has 2 heterocycles. The summed E-state index contributed by atoms with van der Waals surface area (Å²) in [6, 6.07) is 2.47. The second kappa shape index (κ2) is 4.28. The lowest BCUT2D eigenvalue weighted by Gasteiger charge is -2.27. The zero-order valence-electron chi connectivity index (χ0n) is 8.29. The average Bonchev–Trinajstić information content (AvgIpc) is 2.16. The van der Waals surface area contributed by atoms with Crippen LogP contribution in [0.3, 0.4) is 0 Å². The molecule has 0 radical (unpaired) electrons. The zero-order chi connectivity index (χ0) is 9.80. The van der Waals surface area contributed by atoms with Crippen LogP contribution in [0.1, 0.15) is 6.42 Å². The van der Waals surface area contributed by atoms with Crippen LogP contribution in [-0.2, 0) is 0 Å². The molecular formula is C10H15N3O. The van der Waals surface area contributed by atoms with Gasteiger partial charge in [-0.15, -0.1) is 0 Å². The molecule has 76 valence electrons. The highest BCUT2D eigenvalue weighted by Crippen LogP contribution is 2.15. The summed E-state index contributed by atoms with van der Waals surface area (Å²) in [5.74, 6) is 0.825. The van der Waals surface area contributed by atoms with Crippen molar-refractivity contribution in [2.45, 2.75) is 12.5 Å². The third kappa shape index (κ3) is 2.14. The van der Waals surface area contributed by atoms with Gasteiger partial charge in [-0.05, 0) is 13.0 Å². The molecule has 2 N–H and O–H groups in total. The van der Waals surface area contributed by atoms with Gasteiger partial charge in [0, 0.05) is 19.2 Å². The van der Waals surface area contributed by atoms with Crippen molar-refractivity contribution in [3.8, 4) is 5.75 Å². The van der Waals surface area contributed by atoms with Gasteiger partial charge in [0.25, 0.3) is 0 Å². The molecule has 1 aromatic rings. The maximum absolute atomic E-state index is 5.59. The van der Waals surface area contributed by atoms with Crippen molar-refractivity contribution in [1.29, 1.82) is 0 Å². The molecule has 0 unspecified atom stereocenters. The van der Waals surface area contributed by atoms with Crippen molar-refractivity contribution < 1.29 is 4.74 Å². The number of hydrogen-bond acceptors (Lipinski definition) is 4. The van der Waals surface area contributed by atoms with Gasteiger partial charge in [-0.3, -0.25) is 4.98 Å². The second-order valence-electron chi connectivity index (χ2n) is 3.41.